The van der Waals surface area contributed by atoms with E-state index in [-0.39, 0.29) is 16.9 Å². The van der Waals surface area contributed by atoms with Crippen LogP contribution in [0.4, 0.5) is 10.1 Å². The van der Waals surface area contributed by atoms with Crippen LogP contribution >= 0.6 is 0 Å². The van der Waals surface area contributed by atoms with E-state index in [0.717, 1.165) is 17.3 Å². The number of rotatable bonds is 8. The van der Waals surface area contributed by atoms with E-state index in [1.165, 1.54) is 18.3 Å². The Morgan fingerprint density at radius 1 is 1.05 bits per heavy atom. The molecule has 0 unspecified atom stereocenters. The number of amides is 2. The average molecular weight is 529 g/mol. The topological polar surface area (TPSA) is 134 Å². The molecule has 0 saturated heterocycles. The lowest BCUT2D eigenvalue weighted by Gasteiger charge is -2.22. The summed E-state index contributed by atoms with van der Waals surface area (Å²) in [6, 6.07) is 16.6. The number of halogens is 1. The molecule has 39 heavy (non-hydrogen) atoms. The maximum Gasteiger partial charge on any atom is 0.274 e. The number of anilines is 1. The number of aromatic nitrogens is 4. The molecule has 5 aromatic rings. The zero-order valence-corrected chi connectivity index (χ0v) is 20.8. The predicted molar refractivity (Wildman–Crippen MR) is 141 cm³/mol. The zero-order valence-electron chi connectivity index (χ0n) is 20.8. The molecule has 10 nitrogen and oxygen atoms in total. The van der Waals surface area contributed by atoms with Crippen molar-refractivity contribution in [3.63, 3.8) is 0 Å². The summed E-state index contributed by atoms with van der Waals surface area (Å²) in [7, 11) is 1.82. The molecule has 0 bridgehead atoms. The van der Waals surface area contributed by atoms with E-state index >= 15 is 0 Å². The molecule has 4 N–H and O–H groups in total. The fraction of sp³-hybridized carbons (Fsp3) is 0.143. The molecular weight excluding hydrogens is 503 g/mol. The second kappa shape index (κ2) is 10.9. The van der Waals surface area contributed by atoms with Crippen molar-refractivity contribution in [2.45, 2.75) is 12.1 Å². The number of aryl methyl sites for hydroxylation is 1. The Labute approximate surface area is 222 Å². The van der Waals surface area contributed by atoms with E-state index < -0.39 is 36.4 Å². The van der Waals surface area contributed by atoms with Gasteiger partial charge in [-0.15, -0.1) is 0 Å². The number of aliphatic hydroxyl groups is 2. The number of carbonyl (C=O) groups is 2. The second-order valence-corrected chi connectivity index (χ2v) is 8.89. The third-order valence-corrected chi connectivity index (χ3v) is 6.37. The highest BCUT2D eigenvalue weighted by molar-refractivity contribution is 6.04. The van der Waals surface area contributed by atoms with Gasteiger partial charge < -0.3 is 20.8 Å². The Morgan fingerprint density at radius 3 is 2.56 bits per heavy atom. The minimum absolute atomic E-state index is 0.0318. The zero-order chi connectivity index (χ0) is 27.5. The molecular formula is C28H25FN6O4. The van der Waals surface area contributed by atoms with Crippen molar-refractivity contribution in [1.29, 1.82) is 0 Å². The SMILES string of the molecule is Cn1nccc1-c1ccn2c(C(=O)Nc3cc(C(=O)N[C@@H](CO)[C@@H](O)c4ccccc4)ccc3F)cnc2c1. The maximum atomic E-state index is 14.6. The van der Waals surface area contributed by atoms with Crippen LogP contribution in [0.15, 0.2) is 85.3 Å². The van der Waals surface area contributed by atoms with Crippen molar-refractivity contribution in [3.05, 3.63) is 108 Å². The average Bonchev–Trinajstić information content (AvgIpc) is 3.58. The molecule has 198 valence electrons. The highest BCUT2D eigenvalue weighted by Crippen LogP contribution is 2.22. The lowest BCUT2D eigenvalue weighted by Crippen LogP contribution is -2.42. The van der Waals surface area contributed by atoms with E-state index in [1.807, 2.05) is 19.2 Å². The normalized spacial score (nSPS) is 12.7. The van der Waals surface area contributed by atoms with Gasteiger partial charge in [-0.05, 0) is 42.0 Å². The number of benzene rings is 2. The number of pyridine rings is 1. The molecule has 11 heteroatoms. The van der Waals surface area contributed by atoms with Gasteiger partial charge in [0.15, 0.2) is 0 Å². The lowest BCUT2D eigenvalue weighted by atomic mass is 10.0. The van der Waals surface area contributed by atoms with Crippen LogP contribution in [-0.2, 0) is 7.05 Å². The lowest BCUT2D eigenvalue weighted by molar-refractivity contribution is 0.0703. The number of nitrogens with one attached hydrogen (secondary N) is 2. The van der Waals surface area contributed by atoms with Crippen LogP contribution in [0.25, 0.3) is 16.9 Å². The first-order valence-corrected chi connectivity index (χ1v) is 12.1. The standard InChI is InChI=1S/C28H25FN6O4/c1-34-23(9-11-31-34)18-10-12-35-24(15-30-25(35)14-18)28(39)32-21-13-19(7-8-20(21)29)27(38)33-22(16-36)26(37)17-5-3-2-4-6-17/h2-15,22,26,36-37H,16H2,1H3,(H,32,39)(H,33,38)/t22-,26-/m0/s1. The Balaban J connectivity index is 1.33. The summed E-state index contributed by atoms with van der Waals surface area (Å²) in [5.74, 6) is -2.02. The van der Waals surface area contributed by atoms with Crippen LogP contribution in [0.3, 0.4) is 0 Å². The van der Waals surface area contributed by atoms with Gasteiger partial charge in [0.1, 0.15) is 23.3 Å². The molecule has 0 saturated carbocycles. The minimum atomic E-state index is -1.16. The first-order chi connectivity index (χ1) is 18.9. The Kier molecular flexibility index (Phi) is 7.17. The van der Waals surface area contributed by atoms with Gasteiger partial charge in [0, 0.05) is 30.6 Å². The van der Waals surface area contributed by atoms with Gasteiger partial charge in [0.05, 0.1) is 30.2 Å². The minimum Gasteiger partial charge on any atom is -0.394 e. The van der Waals surface area contributed by atoms with Crippen LogP contribution in [0.1, 0.15) is 32.5 Å². The first-order valence-electron chi connectivity index (χ1n) is 12.1. The summed E-state index contributed by atoms with van der Waals surface area (Å²) in [4.78, 5) is 30.2. The molecule has 3 heterocycles. The smallest absolute Gasteiger partial charge is 0.274 e. The maximum absolute atomic E-state index is 14.6. The van der Waals surface area contributed by atoms with Crippen molar-refractivity contribution < 1.29 is 24.2 Å². The second-order valence-electron chi connectivity index (χ2n) is 8.89. The molecule has 2 amide bonds. The number of hydrogen-bond acceptors (Lipinski definition) is 6. The van der Waals surface area contributed by atoms with Crippen LogP contribution in [0, 0.1) is 5.82 Å². The Morgan fingerprint density at radius 2 is 1.85 bits per heavy atom. The van der Waals surface area contributed by atoms with Gasteiger partial charge in [0.25, 0.3) is 11.8 Å². The number of aliphatic hydroxyl groups excluding tert-OH is 2. The summed E-state index contributed by atoms with van der Waals surface area (Å²) < 4.78 is 17.9. The molecule has 2 atom stereocenters. The molecule has 0 fully saturated rings. The van der Waals surface area contributed by atoms with Crippen LogP contribution in [-0.4, -0.2) is 53.8 Å². The monoisotopic (exact) mass is 528 g/mol. The van der Waals surface area contributed by atoms with Crippen molar-refractivity contribution in [1.82, 2.24) is 24.5 Å². The van der Waals surface area contributed by atoms with E-state index in [1.54, 1.807) is 57.9 Å². The molecule has 0 aliphatic carbocycles. The number of imidazole rings is 1. The fourth-order valence-corrected chi connectivity index (χ4v) is 4.27. The van der Waals surface area contributed by atoms with Crippen molar-refractivity contribution in [2.24, 2.45) is 7.05 Å². The van der Waals surface area contributed by atoms with Gasteiger partial charge in [-0.25, -0.2) is 9.37 Å². The summed E-state index contributed by atoms with van der Waals surface area (Å²) >= 11 is 0. The Hall–Kier alpha value is -4.87. The number of fused-ring (bicyclic) bond motifs is 1. The number of hydrogen-bond donors (Lipinski definition) is 4. The van der Waals surface area contributed by atoms with E-state index in [0.29, 0.717) is 11.2 Å². The van der Waals surface area contributed by atoms with Crippen LogP contribution in [0.5, 0.6) is 0 Å². The summed E-state index contributed by atoms with van der Waals surface area (Å²) in [5, 5.41) is 29.5. The molecule has 0 radical (unpaired) electrons. The van der Waals surface area contributed by atoms with Gasteiger partial charge in [-0.3, -0.25) is 18.7 Å². The van der Waals surface area contributed by atoms with Crippen LogP contribution in [0.2, 0.25) is 0 Å². The van der Waals surface area contributed by atoms with Crippen molar-refractivity contribution in [3.8, 4) is 11.3 Å². The van der Waals surface area contributed by atoms with E-state index in [9.17, 15) is 24.2 Å². The largest absolute Gasteiger partial charge is 0.394 e. The molecule has 0 aliphatic heterocycles. The highest BCUT2D eigenvalue weighted by atomic mass is 19.1. The molecule has 5 rings (SSSR count). The van der Waals surface area contributed by atoms with Gasteiger partial charge in [-0.1, -0.05) is 30.3 Å². The van der Waals surface area contributed by atoms with Gasteiger partial charge in [-0.2, -0.15) is 5.10 Å². The van der Waals surface area contributed by atoms with Gasteiger partial charge in [0.2, 0.25) is 0 Å². The first kappa shape index (κ1) is 25.8. The quantitative estimate of drug-likeness (QED) is 0.245. The van der Waals surface area contributed by atoms with E-state index in [4.69, 9.17) is 0 Å². The van der Waals surface area contributed by atoms with Crippen molar-refractivity contribution in [2.75, 3.05) is 11.9 Å². The number of carbonyl (C=O) groups excluding carboxylic acids is 2. The molecule has 2 aromatic carbocycles. The third kappa shape index (κ3) is 5.26. The molecule has 3 aromatic heterocycles. The number of nitrogens with zero attached hydrogens (tertiary/aromatic N) is 4. The predicted octanol–water partition coefficient (Wildman–Crippen LogP) is 2.95. The third-order valence-electron chi connectivity index (χ3n) is 6.37. The highest BCUT2D eigenvalue weighted by Gasteiger charge is 2.23. The Bertz CT molecular complexity index is 1650. The van der Waals surface area contributed by atoms with Gasteiger partial charge >= 0.3 is 0 Å². The molecule has 0 spiro atoms. The summed E-state index contributed by atoms with van der Waals surface area (Å²) in [5.41, 5.74) is 2.76. The fourth-order valence-electron chi connectivity index (χ4n) is 4.27. The molecule has 0 aliphatic rings. The van der Waals surface area contributed by atoms with Crippen LogP contribution < -0.4 is 10.6 Å². The van der Waals surface area contributed by atoms with E-state index in [2.05, 4.69) is 20.7 Å². The summed E-state index contributed by atoms with van der Waals surface area (Å²) in [6.45, 7) is -0.525. The summed E-state index contributed by atoms with van der Waals surface area (Å²) in [6.07, 6.45) is 3.59. The van der Waals surface area contributed by atoms with Crippen molar-refractivity contribution >= 4 is 23.1 Å².